The van der Waals surface area contributed by atoms with Crippen molar-refractivity contribution in [1.29, 1.82) is 0 Å². The Labute approximate surface area is 124 Å². The Morgan fingerprint density at radius 2 is 2.00 bits per heavy atom. The number of rotatable bonds is 7. The summed E-state index contributed by atoms with van der Waals surface area (Å²) in [5.41, 5.74) is 0. The maximum Gasteiger partial charge on any atom is 0.390 e. The molecule has 1 atom stereocenters. The van der Waals surface area contributed by atoms with Gasteiger partial charge in [0, 0.05) is 32.7 Å². The summed E-state index contributed by atoms with van der Waals surface area (Å²) in [4.78, 5) is 0. The van der Waals surface area contributed by atoms with Gasteiger partial charge in [0.05, 0.1) is 6.42 Å². The van der Waals surface area contributed by atoms with Gasteiger partial charge in [0.25, 0.3) is 10.2 Å². The fraction of sp³-hybridized carbons (Fsp3) is 1.00. The Morgan fingerprint density at radius 3 is 2.57 bits per heavy atom. The Bertz CT molecular complexity index is 414. The fourth-order valence-corrected chi connectivity index (χ4v) is 3.97. The van der Waals surface area contributed by atoms with Crippen LogP contribution in [0.25, 0.3) is 0 Å². The van der Waals surface area contributed by atoms with Gasteiger partial charge in [-0.2, -0.15) is 30.2 Å². The van der Waals surface area contributed by atoms with E-state index in [1.54, 1.807) is 0 Å². The highest BCUT2D eigenvalue weighted by Crippen LogP contribution is 2.24. The first-order chi connectivity index (χ1) is 9.68. The molecule has 1 unspecified atom stereocenters. The fourth-order valence-electron chi connectivity index (χ4n) is 2.37. The lowest BCUT2D eigenvalue weighted by molar-refractivity contribution is -0.135. The Kier molecular flexibility index (Phi) is 6.89. The molecule has 1 rings (SSSR count). The minimum Gasteiger partial charge on any atom is -0.315 e. The van der Waals surface area contributed by atoms with Crippen LogP contribution in [0, 0.1) is 0 Å². The molecular formula is C12H24F3N3O2S. The summed E-state index contributed by atoms with van der Waals surface area (Å²) in [6.07, 6.45) is -3.06. The molecule has 21 heavy (non-hydrogen) atoms. The zero-order valence-electron chi connectivity index (χ0n) is 12.5. The largest absolute Gasteiger partial charge is 0.390 e. The molecule has 126 valence electrons. The molecular weight excluding hydrogens is 307 g/mol. The summed E-state index contributed by atoms with van der Waals surface area (Å²) in [6, 6.07) is -0.183. The van der Waals surface area contributed by atoms with E-state index in [2.05, 4.69) is 5.32 Å². The smallest absolute Gasteiger partial charge is 0.315 e. The van der Waals surface area contributed by atoms with Crippen LogP contribution in [-0.4, -0.2) is 62.5 Å². The standard InChI is InChI=1S/C12H24F3N3O2S/c1-3-16-10-11-6-4-5-8-18(11)21(19,20)17(2)9-7-12(13,14)15/h11,16H,3-10H2,1-2H3. The van der Waals surface area contributed by atoms with Crippen LogP contribution >= 0.6 is 0 Å². The van der Waals surface area contributed by atoms with E-state index in [0.717, 1.165) is 30.1 Å². The van der Waals surface area contributed by atoms with Crippen molar-refractivity contribution >= 4 is 10.2 Å². The summed E-state index contributed by atoms with van der Waals surface area (Å²) in [5, 5.41) is 3.11. The molecule has 0 aromatic rings. The van der Waals surface area contributed by atoms with E-state index >= 15 is 0 Å². The molecule has 0 radical (unpaired) electrons. The lowest BCUT2D eigenvalue weighted by Crippen LogP contribution is -2.53. The Balaban J connectivity index is 2.72. The molecule has 0 bridgehead atoms. The first-order valence-electron chi connectivity index (χ1n) is 7.19. The van der Waals surface area contributed by atoms with Crippen LogP contribution in [0.2, 0.25) is 0 Å². The first-order valence-corrected chi connectivity index (χ1v) is 8.58. The highest BCUT2D eigenvalue weighted by atomic mass is 32.2. The molecule has 1 fully saturated rings. The molecule has 1 N–H and O–H groups in total. The van der Waals surface area contributed by atoms with Crippen molar-refractivity contribution in [2.45, 2.75) is 44.8 Å². The Hall–Kier alpha value is -0.380. The third-order valence-corrected chi connectivity index (χ3v) is 5.65. The van der Waals surface area contributed by atoms with Crippen molar-refractivity contribution in [3.05, 3.63) is 0 Å². The van der Waals surface area contributed by atoms with Crippen molar-refractivity contribution in [1.82, 2.24) is 13.9 Å². The third kappa shape index (κ3) is 5.72. The van der Waals surface area contributed by atoms with Gasteiger partial charge in [-0.05, 0) is 19.4 Å². The second-order valence-corrected chi connectivity index (χ2v) is 7.25. The number of hydrogen-bond donors (Lipinski definition) is 1. The lowest BCUT2D eigenvalue weighted by atomic mass is 10.1. The van der Waals surface area contributed by atoms with Crippen molar-refractivity contribution < 1.29 is 21.6 Å². The van der Waals surface area contributed by atoms with Crippen molar-refractivity contribution in [3.63, 3.8) is 0 Å². The van der Waals surface area contributed by atoms with E-state index in [1.807, 2.05) is 6.92 Å². The number of nitrogens with one attached hydrogen (secondary N) is 1. The van der Waals surface area contributed by atoms with Gasteiger partial charge in [0.1, 0.15) is 0 Å². The van der Waals surface area contributed by atoms with Gasteiger partial charge >= 0.3 is 6.18 Å². The molecule has 0 amide bonds. The summed E-state index contributed by atoms with van der Waals surface area (Å²) in [6.45, 7) is 3.01. The summed E-state index contributed by atoms with van der Waals surface area (Å²) in [5.74, 6) is 0. The monoisotopic (exact) mass is 331 g/mol. The number of halogens is 3. The Morgan fingerprint density at radius 1 is 1.33 bits per heavy atom. The van der Waals surface area contributed by atoms with Crippen LogP contribution in [0.1, 0.15) is 32.6 Å². The normalized spacial score (nSPS) is 21.9. The van der Waals surface area contributed by atoms with Crippen LogP contribution in [0.3, 0.4) is 0 Å². The van der Waals surface area contributed by atoms with Gasteiger partial charge in [0.15, 0.2) is 0 Å². The molecule has 0 spiro atoms. The second kappa shape index (κ2) is 7.75. The molecule has 0 aliphatic carbocycles. The molecule has 1 saturated heterocycles. The minimum atomic E-state index is -4.35. The van der Waals surface area contributed by atoms with E-state index < -0.39 is 29.4 Å². The number of nitrogens with zero attached hydrogens (tertiary/aromatic N) is 2. The number of piperidine rings is 1. The zero-order chi connectivity index (χ0) is 16.1. The maximum atomic E-state index is 12.4. The quantitative estimate of drug-likeness (QED) is 0.771. The predicted molar refractivity (Wildman–Crippen MR) is 75.1 cm³/mol. The molecule has 1 heterocycles. The zero-order valence-corrected chi connectivity index (χ0v) is 13.3. The maximum absolute atomic E-state index is 12.4. The molecule has 9 heteroatoms. The summed E-state index contributed by atoms with van der Waals surface area (Å²) < 4.78 is 63.8. The minimum absolute atomic E-state index is 0.183. The average molecular weight is 331 g/mol. The van der Waals surface area contributed by atoms with Gasteiger partial charge < -0.3 is 5.32 Å². The van der Waals surface area contributed by atoms with E-state index in [1.165, 1.54) is 11.4 Å². The highest BCUT2D eigenvalue weighted by molar-refractivity contribution is 7.86. The first kappa shape index (κ1) is 18.7. The molecule has 1 aliphatic rings. The third-order valence-electron chi connectivity index (χ3n) is 3.60. The van der Waals surface area contributed by atoms with E-state index in [4.69, 9.17) is 0 Å². The van der Waals surface area contributed by atoms with Crippen LogP contribution < -0.4 is 5.32 Å². The lowest BCUT2D eigenvalue weighted by Gasteiger charge is -2.37. The number of likely N-dealkylation sites (N-methyl/N-ethyl adjacent to an activating group) is 1. The number of alkyl halides is 3. The van der Waals surface area contributed by atoms with Crippen molar-refractivity contribution in [2.24, 2.45) is 0 Å². The number of hydrogen-bond acceptors (Lipinski definition) is 3. The van der Waals surface area contributed by atoms with Gasteiger partial charge in [-0.25, -0.2) is 0 Å². The molecule has 0 aromatic heterocycles. The average Bonchev–Trinajstić information content (AvgIpc) is 2.41. The summed E-state index contributed by atoms with van der Waals surface area (Å²) in [7, 11) is -2.63. The second-order valence-electron chi connectivity index (χ2n) is 5.26. The van der Waals surface area contributed by atoms with E-state index in [-0.39, 0.29) is 6.04 Å². The van der Waals surface area contributed by atoms with E-state index in [0.29, 0.717) is 13.1 Å². The highest BCUT2D eigenvalue weighted by Gasteiger charge is 2.36. The van der Waals surface area contributed by atoms with Crippen LogP contribution in [0.4, 0.5) is 13.2 Å². The van der Waals surface area contributed by atoms with Gasteiger partial charge in [-0.3, -0.25) is 0 Å². The van der Waals surface area contributed by atoms with Crippen molar-refractivity contribution in [3.8, 4) is 0 Å². The van der Waals surface area contributed by atoms with Crippen LogP contribution in [0.5, 0.6) is 0 Å². The predicted octanol–water partition coefficient (Wildman–Crippen LogP) is 1.58. The van der Waals surface area contributed by atoms with Gasteiger partial charge in [-0.1, -0.05) is 13.3 Å². The molecule has 0 saturated carbocycles. The molecule has 5 nitrogen and oxygen atoms in total. The summed E-state index contributed by atoms with van der Waals surface area (Å²) >= 11 is 0. The molecule has 0 aromatic carbocycles. The molecule has 1 aliphatic heterocycles. The van der Waals surface area contributed by atoms with Crippen LogP contribution in [-0.2, 0) is 10.2 Å². The SMILES string of the molecule is CCNCC1CCCCN1S(=O)(=O)N(C)CCC(F)(F)F. The van der Waals surface area contributed by atoms with Crippen LogP contribution in [0.15, 0.2) is 0 Å². The topological polar surface area (TPSA) is 52.7 Å². The van der Waals surface area contributed by atoms with E-state index in [9.17, 15) is 21.6 Å². The van der Waals surface area contributed by atoms with Gasteiger partial charge in [0.2, 0.25) is 0 Å². The van der Waals surface area contributed by atoms with Crippen molar-refractivity contribution in [2.75, 3.05) is 33.2 Å². The van der Waals surface area contributed by atoms with Gasteiger partial charge in [-0.15, -0.1) is 0 Å².